The van der Waals surface area contributed by atoms with E-state index >= 15 is 0 Å². The molecule has 0 bridgehead atoms. The molecule has 3 heterocycles. The highest BCUT2D eigenvalue weighted by atomic mass is 16.5. The Morgan fingerprint density at radius 1 is 1.06 bits per heavy atom. The molecule has 8 heteroatoms. The number of aryl methyl sites for hydroxylation is 2. The van der Waals surface area contributed by atoms with E-state index in [1.54, 1.807) is 16.4 Å². The second-order valence-electron chi connectivity index (χ2n) is 7.90. The number of anilines is 1. The van der Waals surface area contributed by atoms with Gasteiger partial charge in [-0.25, -0.2) is 14.6 Å². The molecule has 8 nitrogen and oxygen atoms in total. The molecule has 5 rings (SSSR count). The summed E-state index contributed by atoms with van der Waals surface area (Å²) < 4.78 is 9.08. The first-order valence-corrected chi connectivity index (χ1v) is 10.8. The van der Waals surface area contributed by atoms with Crippen LogP contribution in [0, 0.1) is 6.92 Å². The van der Waals surface area contributed by atoms with Gasteiger partial charge in [-0.2, -0.15) is 5.10 Å². The van der Waals surface area contributed by atoms with Crippen molar-refractivity contribution in [3.05, 3.63) is 82.2 Å². The average molecular weight is 441 g/mol. The van der Waals surface area contributed by atoms with Crippen LogP contribution in [0.3, 0.4) is 0 Å². The summed E-state index contributed by atoms with van der Waals surface area (Å²) >= 11 is 0. The van der Waals surface area contributed by atoms with E-state index in [4.69, 9.17) is 15.6 Å². The smallest absolute Gasteiger partial charge is 0.263 e. The first-order valence-electron chi connectivity index (χ1n) is 10.8. The van der Waals surface area contributed by atoms with Crippen molar-refractivity contribution in [3.63, 3.8) is 0 Å². The number of nitrogens with zero attached hydrogens (tertiary/aromatic N) is 5. The lowest BCUT2D eigenvalue weighted by Crippen LogP contribution is -2.25. The van der Waals surface area contributed by atoms with Gasteiger partial charge in [0.2, 0.25) is 0 Å². The fourth-order valence-corrected chi connectivity index (χ4v) is 4.40. The Kier molecular flexibility index (Phi) is 5.05. The molecule has 0 amide bonds. The fourth-order valence-electron chi connectivity index (χ4n) is 4.40. The highest BCUT2D eigenvalue weighted by Gasteiger charge is 2.19. The van der Waals surface area contributed by atoms with Crippen molar-refractivity contribution < 1.29 is 4.74 Å². The van der Waals surface area contributed by atoms with E-state index in [0.717, 1.165) is 27.7 Å². The lowest BCUT2D eigenvalue weighted by Gasteiger charge is -2.18. The summed E-state index contributed by atoms with van der Waals surface area (Å²) in [5.74, 6) is 1.01. The average Bonchev–Trinajstić information content (AvgIpc) is 3.18. The monoisotopic (exact) mass is 440 g/mol. The molecule has 0 saturated carbocycles. The number of nitrogen functional groups attached to an aromatic ring is 1. The van der Waals surface area contributed by atoms with Crippen LogP contribution in [0.5, 0.6) is 5.75 Å². The molecule has 2 aromatic carbocycles. The summed E-state index contributed by atoms with van der Waals surface area (Å²) in [5.41, 5.74) is 9.85. The first kappa shape index (κ1) is 20.7. The third-order valence-corrected chi connectivity index (χ3v) is 5.94. The number of nitrogens with two attached hydrogens (primary N) is 1. The number of aromatic nitrogens is 5. The van der Waals surface area contributed by atoms with Gasteiger partial charge in [-0.1, -0.05) is 37.3 Å². The number of methoxy groups -OCH3 is 1. The maximum atomic E-state index is 13.8. The van der Waals surface area contributed by atoms with Crippen LogP contribution < -0.4 is 16.0 Å². The third-order valence-electron chi connectivity index (χ3n) is 5.94. The molecule has 3 aromatic heterocycles. The minimum atomic E-state index is -0.105. The van der Waals surface area contributed by atoms with E-state index in [0.29, 0.717) is 41.3 Å². The van der Waals surface area contributed by atoms with E-state index in [1.165, 1.54) is 6.33 Å². The summed E-state index contributed by atoms with van der Waals surface area (Å²) in [5, 5.41) is 7.06. The molecule has 0 radical (unpaired) electrons. The lowest BCUT2D eigenvalue weighted by molar-refractivity contribution is 0.412. The molecule has 166 valence electrons. The van der Waals surface area contributed by atoms with Gasteiger partial charge in [-0.15, -0.1) is 0 Å². The maximum Gasteiger partial charge on any atom is 0.263 e. The van der Waals surface area contributed by atoms with Gasteiger partial charge in [-0.3, -0.25) is 9.36 Å². The molecule has 5 aromatic rings. The van der Waals surface area contributed by atoms with Gasteiger partial charge in [0, 0.05) is 5.69 Å². The number of ether oxygens (including phenoxy) is 1. The van der Waals surface area contributed by atoms with Crippen LogP contribution >= 0.6 is 0 Å². The largest absolute Gasteiger partial charge is 0.495 e. The first-order chi connectivity index (χ1) is 16.0. The van der Waals surface area contributed by atoms with E-state index < -0.39 is 0 Å². The van der Waals surface area contributed by atoms with E-state index in [9.17, 15) is 4.79 Å². The molecular formula is C25H24N6O2. The fraction of sp³-hybridized carbons (Fsp3) is 0.200. The van der Waals surface area contributed by atoms with Crippen molar-refractivity contribution >= 4 is 27.6 Å². The maximum absolute atomic E-state index is 13.8. The second kappa shape index (κ2) is 8.05. The molecular weight excluding hydrogens is 416 g/mol. The van der Waals surface area contributed by atoms with Gasteiger partial charge in [0.15, 0.2) is 5.65 Å². The van der Waals surface area contributed by atoms with Gasteiger partial charge < -0.3 is 10.5 Å². The van der Waals surface area contributed by atoms with Crippen LogP contribution in [0.15, 0.2) is 59.7 Å². The molecule has 0 fully saturated rings. The summed E-state index contributed by atoms with van der Waals surface area (Å²) in [4.78, 5) is 22.4. The number of pyridine rings is 1. The van der Waals surface area contributed by atoms with Gasteiger partial charge in [-0.05, 0) is 42.5 Å². The molecule has 0 saturated heterocycles. The Morgan fingerprint density at radius 2 is 1.88 bits per heavy atom. The molecule has 0 atom stereocenters. The van der Waals surface area contributed by atoms with E-state index in [1.807, 2.05) is 62.4 Å². The summed E-state index contributed by atoms with van der Waals surface area (Å²) in [6.07, 6.45) is 2.13. The number of benzene rings is 2. The van der Waals surface area contributed by atoms with Crippen LogP contribution in [0.2, 0.25) is 0 Å². The molecule has 0 aliphatic rings. The molecule has 0 spiro atoms. The second-order valence-corrected chi connectivity index (χ2v) is 7.90. The van der Waals surface area contributed by atoms with Crippen molar-refractivity contribution in [2.45, 2.75) is 26.8 Å². The molecule has 33 heavy (non-hydrogen) atoms. The summed E-state index contributed by atoms with van der Waals surface area (Å²) in [7, 11) is 1.60. The zero-order chi connectivity index (χ0) is 23.1. The Labute approximate surface area is 190 Å². The van der Waals surface area contributed by atoms with Gasteiger partial charge in [0.05, 0.1) is 35.8 Å². The number of hydrogen-bond donors (Lipinski definition) is 1. The number of hydrogen-bond acceptors (Lipinski definition) is 6. The number of rotatable bonds is 5. The van der Waals surface area contributed by atoms with E-state index in [-0.39, 0.29) is 5.56 Å². The van der Waals surface area contributed by atoms with Crippen LogP contribution in [0.1, 0.15) is 23.9 Å². The van der Waals surface area contributed by atoms with Crippen molar-refractivity contribution in [2.24, 2.45) is 0 Å². The minimum Gasteiger partial charge on any atom is -0.495 e. The summed E-state index contributed by atoms with van der Waals surface area (Å²) in [6.45, 7) is 4.29. The number of para-hydroxylation sites is 2. The molecule has 0 aliphatic heterocycles. The predicted molar refractivity (Wildman–Crippen MR) is 129 cm³/mol. The Morgan fingerprint density at radius 3 is 2.67 bits per heavy atom. The third kappa shape index (κ3) is 3.31. The zero-order valence-corrected chi connectivity index (χ0v) is 18.7. The van der Waals surface area contributed by atoms with E-state index in [2.05, 4.69) is 9.97 Å². The van der Waals surface area contributed by atoms with Gasteiger partial charge >= 0.3 is 0 Å². The molecule has 2 N–H and O–H groups in total. The molecule has 0 unspecified atom stereocenters. The van der Waals surface area contributed by atoms with Crippen LogP contribution in [0.4, 0.5) is 5.82 Å². The topological polar surface area (TPSA) is 101 Å². The quantitative estimate of drug-likeness (QED) is 0.448. The lowest BCUT2D eigenvalue weighted by atomic mass is 10.1. The highest BCUT2D eigenvalue weighted by Crippen LogP contribution is 2.27. The standard InChI is InChI=1S/C25H24N6O2/c1-4-18-22-23(26)27-14-28-24(22)30(29-18)13-17-12-16-9-7-8-15(2)21(16)25(32)31(17)19-10-5-6-11-20(19)33-3/h5-12,14H,4,13H2,1-3H3,(H2,26,27,28). The van der Waals surface area contributed by atoms with Crippen molar-refractivity contribution in [3.8, 4) is 11.4 Å². The van der Waals surface area contributed by atoms with Gasteiger partial charge in [0.25, 0.3) is 5.56 Å². The highest BCUT2D eigenvalue weighted by molar-refractivity contribution is 5.88. The Hall–Kier alpha value is -4.20. The zero-order valence-electron chi connectivity index (χ0n) is 18.7. The normalized spacial score (nSPS) is 11.4. The minimum absolute atomic E-state index is 0.105. The van der Waals surface area contributed by atoms with Crippen molar-refractivity contribution in [1.29, 1.82) is 0 Å². The molecule has 0 aliphatic carbocycles. The van der Waals surface area contributed by atoms with Crippen LogP contribution in [0.25, 0.3) is 27.5 Å². The predicted octanol–water partition coefficient (Wildman–Crippen LogP) is 3.64. The number of fused-ring (bicyclic) bond motifs is 2. The van der Waals surface area contributed by atoms with Crippen molar-refractivity contribution in [2.75, 3.05) is 12.8 Å². The Balaban J connectivity index is 1.81. The van der Waals surface area contributed by atoms with Crippen LogP contribution in [-0.2, 0) is 13.0 Å². The Bertz CT molecular complexity index is 1570. The summed E-state index contributed by atoms with van der Waals surface area (Å²) in [6, 6.07) is 15.4. The van der Waals surface area contributed by atoms with Gasteiger partial charge in [0.1, 0.15) is 17.9 Å². The van der Waals surface area contributed by atoms with Crippen LogP contribution in [-0.4, -0.2) is 31.4 Å². The van der Waals surface area contributed by atoms with Crippen molar-refractivity contribution in [1.82, 2.24) is 24.3 Å². The SMILES string of the molecule is CCc1nn(Cc2cc3cccc(C)c3c(=O)n2-c2ccccc2OC)c2ncnc(N)c12.